The van der Waals surface area contributed by atoms with Gasteiger partial charge < -0.3 is 14.8 Å². The van der Waals surface area contributed by atoms with E-state index in [-0.39, 0.29) is 5.91 Å². The summed E-state index contributed by atoms with van der Waals surface area (Å²) in [6.45, 7) is 6.94. The summed E-state index contributed by atoms with van der Waals surface area (Å²) in [4.78, 5) is 12.3. The molecule has 1 aliphatic carbocycles. The van der Waals surface area contributed by atoms with Crippen molar-refractivity contribution in [3.05, 3.63) is 23.8 Å². The van der Waals surface area contributed by atoms with E-state index in [1.165, 1.54) is 12.8 Å². The lowest BCUT2D eigenvalue weighted by Crippen LogP contribution is -2.52. The summed E-state index contributed by atoms with van der Waals surface area (Å²) in [5, 5.41) is 3.75. The van der Waals surface area contributed by atoms with Crippen LogP contribution in [-0.2, 0) is 0 Å². The summed E-state index contributed by atoms with van der Waals surface area (Å²) in [6.07, 6.45) is 3.55. The van der Waals surface area contributed by atoms with E-state index in [4.69, 9.17) is 21.7 Å². The zero-order chi connectivity index (χ0) is 19.1. The van der Waals surface area contributed by atoms with Crippen LogP contribution in [0.4, 0.5) is 0 Å². The smallest absolute Gasteiger partial charge is 0.269 e. The third-order valence-electron chi connectivity index (χ3n) is 5.04. The number of methoxy groups -OCH3 is 1. The summed E-state index contributed by atoms with van der Waals surface area (Å²) >= 11 is 5.32. The van der Waals surface area contributed by atoms with Gasteiger partial charge >= 0.3 is 0 Å². The van der Waals surface area contributed by atoms with Crippen LogP contribution in [0.5, 0.6) is 11.5 Å². The minimum absolute atomic E-state index is 0.291. The van der Waals surface area contributed by atoms with E-state index in [2.05, 4.69) is 30.0 Å². The maximum Gasteiger partial charge on any atom is 0.269 e. The van der Waals surface area contributed by atoms with Crippen molar-refractivity contribution in [2.45, 2.75) is 46.1 Å². The SMILES string of the molecule is CCOc1ccc(C(=O)NNC(=S)N[C@H]2CCC[C@H](C)[C@@H]2C)cc1OC. The average molecular weight is 380 g/mol. The highest BCUT2D eigenvalue weighted by Gasteiger charge is 2.27. The van der Waals surface area contributed by atoms with Gasteiger partial charge in [-0.15, -0.1) is 0 Å². The molecule has 0 bridgehead atoms. The number of hydrazine groups is 1. The van der Waals surface area contributed by atoms with E-state index in [9.17, 15) is 4.79 Å². The largest absolute Gasteiger partial charge is 0.493 e. The number of rotatable bonds is 5. The zero-order valence-electron chi connectivity index (χ0n) is 15.9. The van der Waals surface area contributed by atoms with Gasteiger partial charge in [0.2, 0.25) is 0 Å². The summed E-state index contributed by atoms with van der Waals surface area (Å²) in [6, 6.07) is 5.38. The van der Waals surface area contributed by atoms with Crippen LogP contribution in [-0.4, -0.2) is 30.8 Å². The van der Waals surface area contributed by atoms with Crippen molar-refractivity contribution in [3.63, 3.8) is 0 Å². The average Bonchev–Trinajstić information content (AvgIpc) is 2.64. The second-order valence-electron chi connectivity index (χ2n) is 6.73. The molecule has 3 N–H and O–H groups in total. The highest BCUT2D eigenvalue weighted by Crippen LogP contribution is 2.29. The van der Waals surface area contributed by atoms with E-state index in [0.29, 0.717) is 46.7 Å². The second-order valence-corrected chi connectivity index (χ2v) is 7.13. The Morgan fingerprint density at radius 2 is 2.00 bits per heavy atom. The lowest BCUT2D eigenvalue weighted by Gasteiger charge is -2.35. The fourth-order valence-corrected chi connectivity index (χ4v) is 3.46. The molecule has 0 radical (unpaired) electrons. The first-order chi connectivity index (χ1) is 12.5. The number of amides is 1. The van der Waals surface area contributed by atoms with Crippen molar-refractivity contribution < 1.29 is 14.3 Å². The molecule has 2 rings (SSSR count). The Bertz CT molecular complexity index is 638. The van der Waals surface area contributed by atoms with Gasteiger partial charge in [-0.3, -0.25) is 15.6 Å². The van der Waals surface area contributed by atoms with Crippen LogP contribution in [0.1, 0.15) is 50.4 Å². The van der Waals surface area contributed by atoms with Crippen molar-refractivity contribution in [3.8, 4) is 11.5 Å². The van der Waals surface area contributed by atoms with Gasteiger partial charge in [0.25, 0.3) is 5.91 Å². The van der Waals surface area contributed by atoms with Crippen molar-refractivity contribution in [1.82, 2.24) is 16.2 Å². The number of hydrogen-bond donors (Lipinski definition) is 3. The molecule has 6 nitrogen and oxygen atoms in total. The molecule has 0 aromatic heterocycles. The van der Waals surface area contributed by atoms with Gasteiger partial charge in [-0.1, -0.05) is 26.7 Å². The van der Waals surface area contributed by atoms with Gasteiger partial charge in [0, 0.05) is 11.6 Å². The summed E-state index contributed by atoms with van der Waals surface area (Å²) in [5.74, 6) is 2.06. The highest BCUT2D eigenvalue weighted by molar-refractivity contribution is 7.80. The number of carbonyl (C=O) groups is 1. The van der Waals surface area contributed by atoms with Crippen LogP contribution in [0.25, 0.3) is 0 Å². The maximum atomic E-state index is 12.3. The van der Waals surface area contributed by atoms with Gasteiger partial charge in [0.1, 0.15) is 0 Å². The molecule has 3 atom stereocenters. The van der Waals surface area contributed by atoms with Crippen molar-refractivity contribution in [2.24, 2.45) is 11.8 Å². The lowest BCUT2D eigenvalue weighted by atomic mass is 9.78. The number of thiocarbonyl (C=S) groups is 1. The minimum atomic E-state index is -0.291. The van der Waals surface area contributed by atoms with Gasteiger partial charge in [0.05, 0.1) is 13.7 Å². The summed E-state index contributed by atoms with van der Waals surface area (Å²) in [7, 11) is 1.54. The minimum Gasteiger partial charge on any atom is -0.493 e. The van der Waals surface area contributed by atoms with Crippen molar-refractivity contribution in [2.75, 3.05) is 13.7 Å². The fraction of sp³-hybridized carbons (Fsp3) is 0.579. The van der Waals surface area contributed by atoms with Crippen molar-refractivity contribution in [1.29, 1.82) is 0 Å². The van der Waals surface area contributed by atoms with E-state index in [1.807, 2.05) is 6.92 Å². The van der Waals surface area contributed by atoms with Crippen LogP contribution in [0.2, 0.25) is 0 Å². The molecule has 1 aromatic carbocycles. The summed E-state index contributed by atoms with van der Waals surface area (Å²) < 4.78 is 10.7. The normalized spacial score (nSPS) is 22.2. The van der Waals surface area contributed by atoms with Gasteiger partial charge in [-0.05, 0) is 55.6 Å². The molecule has 144 valence electrons. The predicted octanol–water partition coefficient (Wildman–Crippen LogP) is 3.03. The molecule has 1 aromatic rings. The Labute approximate surface area is 161 Å². The third-order valence-corrected chi connectivity index (χ3v) is 5.26. The molecule has 1 amide bonds. The molecule has 0 heterocycles. The fourth-order valence-electron chi connectivity index (χ4n) is 3.26. The molecule has 0 aliphatic heterocycles. The van der Waals surface area contributed by atoms with Gasteiger partial charge in [0.15, 0.2) is 16.6 Å². The van der Waals surface area contributed by atoms with Crippen LogP contribution in [0, 0.1) is 11.8 Å². The molecule has 1 saturated carbocycles. The van der Waals surface area contributed by atoms with E-state index < -0.39 is 0 Å². The molecule has 1 fully saturated rings. The Kier molecular flexibility index (Phi) is 7.50. The Hall–Kier alpha value is -2.02. The number of carbonyl (C=O) groups excluding carboxylic acids is 1. The predicted molar refractivity (Wildman–Crippen MR) is 106 cm³/mol. The number of ether oxygens (including phenoxy) is 2. The second kappa shape index (κ2) is 9.62. The first-order valence-electron chi connectivity index (χ1n) is 9.14. The first kappa shape index (κ1) is 20.3. The highest BCUT2D eigenvalue weighted by atomic mass is 32.1. The topological polar surface area (TPSA) is 71.6 Å². The monoisotopic (exact) mass is 379 g/mol. The first-order valence-corrected chi connectivity index (χ1v) is 9.54. The molecule has 26 heavy (non-hydrogen) atoms. The number of nitrogens with one attached hydrogen (secondary N) is 3. The van der Waals surface area contributed by atoms with Crippen LogP contribution < -0.4 is 25.6 Å². The number of benzene rings is 1. The molecule has 0 unspecified atom stereocenters. The Morgan fingerprint density at radius 3 is 2.69 bits per heavy atom. The Morgan fingerprint density at radius 1 is 1.23 bits per heavy atom. The molecule has 7 heteroatoms. The van der Waals surface area contributed by atoms with E-state index in [1.54, 1.807) is 25.3 Å². The van der Waals surface area contributed by atoms with Gasteiger partial charge in [-0.2, -0.15) is 0 Å². The van der Waals surface area contributed by atoms with Crippen molar-refractivity contribution >= 4 is 23.2 Å². The summed E-state index contributed by atoms with van der Waals surface area (Å²) in [5.41, 5.74) is 5.88. The number of hydrogen-bond acceptors (Lipinski definition) is 4. The van der Waals surface area contributed by atoms with Crippen LogP contribution in [0.15, 0.2) is 18.2 Å². The zero-order valence-corrected chi connectivity index (χ0v) is 16.7. The van der Waals surface area contributed by atoms with Crippen LogP contribution >= 0.6 is 12.2 Å². The van der Waals surface area contributed by atoms with E-state index >= 15 is 0 Å². The molecule has 1 aliphatic rings. The Balaban J connectivity index is 1.88. The molecular weight excluding hydrogens is 350 g/mol. The molecule has 0 saturated heterocycles. The lowest BCUT2D eigenvalue weighted by molar-refractivity contribution is 0.0942. The maximum absolute atomic E-state index is 12.3. The van der Waals surface area contributed by atoms with Crippen LogP contribution in [0.3, 0.4) is 0 Å². The van der Waals surface area contributed by atoms with E-state index in [0.717, 1.165) is 6.42 Å². The third kappa shape index (κ3) is 5.24. The quantitative estimate of drug-likeness (QED) is 0.540. The molecular formula is C19H29N3O3S. The molecule has 0 spiro atoms. The van der Waals surface area contributed by atoms with Gasteiger partial charge in [-0.25, -0.2) is 0 Å². The standard InChI is InChI=1S/C19H29N3O3S/c1-5-25-16-10-9-14(11-17(16)24-4)18(23)21-22-19(26)20-15-8-6-7-12(2)13(15)3/h9-13,15H,5-8H2,1-4H3,(H,21,23)(H2,20,22,26)/t12-,13-,15-/m0/s1.